The molecule has 30 heavy (non-hydrogen) atoms. The maximum atomic E-state index is 14.0. The highest BCUT2D eigenvalue weighted by molar-refractivity contribution is 7.10. The Labute approximate surface area is 181 Å². The molecule has 0 N–H and O–H groups in total. The van der Waals surface area contributed by atoms with Crippen molar-refractivity contribution >= 4 is 23.2 Å². The van der Waals surface area contributed by atoms with E-state index in [1.165, 1.54) is 10.9 Å². The number of amides is 2. The maximum absolute atomic E-state index is 14.0. The predicted molar refractivity (Wildman–Crippen MR) is 116 cm³/mol. The van der Waals surface area contributed by atoms with Gasteiger partial charge in [0.05, 0.1) is 12.6 Å². The van der Waals surface area contributed by atoms with Crippen LogP contribution in [0.4, 0.5) is 4.39 Å². The quantitative estimate of drug-likeness (QED) is 0.625. The van der Waals surface area contributed by atoms with Gasteiger partial charge in [-0.15, -0.1) is 11.3 Å². The average Bonchev–Trinajstić information content (AvgIpc) is 3.21. The summed E-state index contributed by atoms with van der Waals surface area (Å²) in [5.41, 5.74) is 1.05. The Morgan fingerprint density at radius 1 is 1.30 bits per heavy atom. The van der Waals surface area contributed by atoms with Crippen molar-refractivity contribution < 1.29 is 18.7 Å². The molecule has 0 radical (unpaired) electrons. The van der Waals surface area contributed by atoms with Gasteiger partial charge in [0.2, 0.25) is 11.8 Å². The highest BCUT2D eigenvalue weighted by atomic mass is 32.1. The van der Waals surface area contributed by atoms with E-state index in [-0.39, 0.29) is 42.7 Å². The first-order chi connectivity index (χ1) is 14.4. The SMILES string of the molecule is CCCN(CC(=O)N1CCc2sccc2[C@H]1COc1ccccc1F)C(=O)C(C)C. The molecule has 0 spiro atoms. The van der Waals surface area contributed by atoms with Gasteiger partial charge in [-0.1, -0.05) is 32.9 Å². The molecule has 0 unspecified atom stereocenters. The van der Waals surface area contributed by atoms with Gasteiger partial charge in [-0.05, 0) is 42.0 Å². The van der Waals surface area contributed by atoms with Gasteiger partial charge in [0.1, 0.15) is 6.61 Å². The lowest BCUT2D eigenvalue weighted by molar-refractivity contribution is -0.144. The zero-order valence-electron chi connectivity index (χ0n) is 17.8. The molecule has 2 heterocycles. The molecule has 0 fully saturated rings. The van der Waals surface area contributed by atoms with Gasteiger partial charge in [-0.2, -0.15) is 0 Å². The Balaban J connectivity index is 1.78. The lowest BCUT2D eigenvalue weighted by Gasteiger charge is -2.37. The van der Waals surface area contributed by atoms with Crippen LogP contribution in [0, 0.1) is 11.7 Å². The smallest absolute Gasteiger partial charge is 0.242 e. The molecule has 1 aliphatic rings. The van der Waals surface area contributed by atoms with Crippen LogP contribution >= 0.6 is 11.3 Å². The van der Waals surface area contributed by atoms with Crippen LogP contribution < -0.4 is 4.74 Å². The molecule has 1 aliphatic heterocycles. The van der Waals surface area contributed by atoms with E-state index < -0.39 is 5.82 Å². The van der Waals surface area contributed by atoms with E-state index in [2.05, 4.69) is 0 Å². The molecule has 0 saturated heterocycles. The van der Waals surface area contributed by atoms with Crippen LogP contribution in [0.15, 0.2) is 35.7 Å². The molecule has 1 aromatic carbocycles. The number of nitrogens with zero attached hydrogens (tertiary/aromatic N) is 2. The number of ether oxygens (including phenoxy) is 1. The Morgan fingerprint density at radius 3 is 2.77 bits per heavy atom. The number of para-hydroxylation sites is 1. The zero-order chi connectivity index (χ0) is 21.7. The number of rotatable bonds is 8. The number of fused-ring (bicyclic) bond motifs is 1. The van der Waals surface area contributed by atoms with Gasteiger partial charge in [0.25, 0.3) is 0 Å². The highest BCUT2D eigenvalue weighted by Crippen LogP contribution is 2.34. The Kier molecular flexibility index (Phi) is 7.48. The summed E-state index contributed by atoms with van der Waals surface area (Å²) in [5, 5.41) is 2.01. The van der Waals surface area contributed by atoms with E-state index in [0.717, 1.165) is 18.4 Å². The fourth-order valence-corrected chi connectivity index (χ4v) is 4.69. The molecule has 2 aromatic rings. The van der Waals surface area contributed by atoms with Gasteiger partial charge in [-0.3, -0.25) is 9.59 Å². The molecular weight excluding hydrogens is 403 g/mol. The molecule has 2 amide bonds. The van der Waals surface area contributed by atoms with Crippen LogP contribution in [0.5, 0.6) is 5.75 Å². The van der Waals surface area contributed by atoms with Crippen molar-refractivity contribution in [3.8, 4) is 5.75 Å². The van der Waals surface area contributed by atoms with Crippen LogP contribution in [-0.4, -0.2) is 47.9 Å². The third-order valence-electron chi connectivity index (χ3n) is 5.27. The second-order valence-corrected chi connectivity index (χ2v) is 8.81. The van der Waals surface area contributed by atoms with Gasteiger partial charge < -0.3 is 14.5 Å². The van der Waals surface area contributed by atoms with Crippen LogP contribution in [0.25, 0.3) is 0 Å². The number of hydrogen-bond acceptors (Lipinski definition) is 4. The van der Waals surface area contributed by atoms with Gasteiger partial charge >= 0.3 is 0 Å². The lowest BCUT2D eigenvalue weighted by Crippen LogP contribution is -2.48. The lowest BCUT2D eigenvalue weighted by atomic mass is 10.00. The molecule has 5 nitrogen and oxygen atoms in total. The fraction of sp³-hybridized carbons (Fsp3) is 0.478. The summed E-state index contributed by atoms with van der Waals surface area (Å²) in [4.78, 5) is 30.4. The summed E-state index contributed by atoms with van der Waals surface area (Å²) in [7, 11) is 0. The summed E-state index contributed by atoms with van der Waals surface area (Å²) >= 11 is 1.67. The van der Waals surface area contributed by atoms with Gasteiger partial charge in [0.15, 0.2) is 11.6 Å². The third kappa shape index (κ3) is 5.01. The van der Waals surface area contributed by atoms with E-state index in [0.29, 0.717) is 13.1 Å². The van der Waals surface area contributed by atoms with E-state index in [1.54, 1.807) is 39.3 Å². The Morgan fingerprint density at radius 2 is 2.07 bits per heavy atom. The Hall–Kier alpha value is -2.41. The van der Waals surface area contributed by atoms with E-state index in [9.17, 15) is 14.0 Å². The molecule has 7 heteroatoms. The number of carbonyl (C=O) groups excluding carboxylic acids is 2. The zero-order valence-corrected chi connectivity index (χ0v) is 18.6. The predicted octanol–water partition coefficient (Wildman–Crippen LogP) is 4.29. The van der Waals surface area contributed by atoms with Crippen LogP contribution in [0.3, 0.4) is 0 Å². The molecular formula is C23H29FN2O3S. The molecule has 3 rings (SSSR count). The van der Waals surface area contributed by atoms with Crippen molar-refractivity contribution in [1.29, 1.82) is 0 Å². The summed E-state index contributed by atoms with van der Waals surface area (Å²) in [6.45, 7) is 7.03. The minimum atomic E-state index is -0.423. The van der Waals surface area contributed by atoms with E-state index in [1.807, 2.05) is 32.2 Å². The number of halogens is 1. The van der Waals surface area contributed by atoms with Gasteiger partial charge in [-0.25, -0.2) is 4.39 Å². The first-order valence-corrected chi connectivity index (χ1v) is 11.3. The Bertz CT molecular complexity index is 883. The van der Waals surface area contributed by atoms with Crippen LogP contribution in [-0.2, 0) is 16.0 Å². The minimum Gasteiger partial charge on any atom is -0.488 e. The topological polar surface area (TPSA) is 49.9 Å². The fourth-order valence-electron chi connectivity index (χ4n) is 3.76. The largest absolute Gasteiger partial charge is 0.488 e. The van der Waals surface area contributed by atoms with Crippen molar-refractivity contribution in [3.63, 3.8) is 0 Å². The molecule has 0 bridgehead atoms. The second kappa shape index (κ2) is 10.1. The van der Waals surface area contributed by atoms with Crippen molar-refractivity contribution in [2.75, 3.05) is 26.2 Å². The molecule has 1 atom stereocenters. The second-order valence-electron chi connectivity index (χ2n) is 7.81. The number of carbonyl (C=O) groups is 2. The minimum absolute atomic E-state index is 0.0161. The number of hydrogen-bond donors (Lipinski definition) is 0. The van der Waals surface area contributed by atoms with Crippen molar-refractivity contribution in [2.45, 2.75) is 39.7 Å². The van der Waals surface area contributed by atoms with Crippen molar-refractivity contribution in [2.24, 2.45) is 5.92 Å². The standard InChI is InChI=1S/C23H29FN2O3S/c1-4-11-25(23(28)16(2)3)14-22(27)26-12-9-21-17(10-13-30-21)19(26)15-29-20-8-6-5-7-18(20)24/h5-8,10,13,16,19H,4,9,11-12,14-15H2,1-3H3/t19-/m1/s1. The summed E-state index contributed by atoms with van der Waals surface area (Å²) < 4.78 is 19.8. The van der Waals surface area contributed by atoms with E-state index >= 15 is 0 Å². The van der Waals surface area contributed by atoms with Crippen molar-refractivity contribution in [3.05, 3.63) is 52.0 Å². The summed E-state index contributed by atoms with van der Waals surface area (Å²) in [6, 6.07) is 7.99. The maximum Gasteiger partial charge on any atom is 0.242 e. The summed E-state index contributed by atoms with van der Waals surface area (Å²) in [5.74, 6) is -0.522. The first-order valence-electron chi connectivity index (χ1n) is 10.4. The third-order valence-corrected chi connectivity index (χ3v) is 6.27. The van der Waals surface area contributed by atoms with Gasteiger partial charge in [0, 0.05) is 23.9 Å². The molecule has 162 valence electrons. The number of benzene rings is 1. The average molecular weight is 433 g/mol. The molecule has 0 saturated carbocycles. The normalized spacial score (nSPS) is 15.8. The number of thiophene rings is 1. The summed E-state index contributed by atoms with van der Waals surface area (Å²) in [6.07, 6.45) is 1.57. The van der Waals surface area contributed by atoms with Crippen LogP contribution in [0.2, 0.25) is 0 Å². The monoisotopic (exact) mass is 432 g/mol. The van der Waals surface area contributed by atoms with Crippen LogP contribution in [0.1, 0.15) is 43.7 Å². The van der Waals surface area contributed by atoms with E-state index in [4.69, 9.17) is 4.74 Å². The highest BCUT2D eigenvalue weighted by Gasteiger charge is 2.33. The first kappa shape index (κ1) is 22.3. The molecule has 0 aliphatic carbocycles. The van der Waals surface area contributed by atoms with Crippen molar-refractivity contribution in [1.82, 2.24) is 9.80 Å². The molecule has 1 aromatic heterocycles.